The van der Waals surface area contributed by atoms with Crippen LogP contribution in [0.4, 0.5) is 0 Å². The van der Waals surface area contributed by atoms with Crippen molar-refractivity contribution in [2.45, 2.75) is 44.3 Å². The van der Waals surface area contributed by atoms with E-state index in [2.05, 4.69) is 23.2 Å². The molecule has 0 bridgehead atoms. The van der Waals surface area contributed by atoms with Crippen LogP contribution in [0.25, 0.3) is 0 Å². The monoisotopic (exact) mass is 128 g/mol. The predicted molar refractivity (Wildman–Crippen MR) is 41.5 cm³/mol. The smallest absolute Gasteiger partial charge is 1.00 e. The summed E-state index contributed by atoms with van der Waals surface area (Å²) in [7, 11) is 0. The molecular weight excluding hydrogens is 111 g/mol. The number of hydrogen-bond acceptors (Lipinski definition) is 0. The van der Waals surface area contributed by atoms with Crippen LogP contribution in [-0.2, 0) is 0 Å². The normalized spacial score (nSPS) is 9.88. The predicted octanol–water partition coefficient (Wildman–Crippen LogP) is 2.77. The van der Waals surface area contributed by atoms with Gasteiger partial charge >= 0.3 is 60.6 Å². The molecule has 0 aromatic rings. The molecule has 0 unspecified atom stereocenters. The molecule has 0 aliphatic rings. The summed E-state index contributed by atoms with van der Waals surface area (Å²) in [5.41, 5.74) is 0. The topological polar surface area (TPSA) is 0 Å². The van der Waals surface area contributed by atoms with E-state index in [4.69, 9.17) is 0 Å². The van der Waals surface area contributed by atoms with E-state index in [-0.39, 0.29) is 2.85 Å². The third kappa shape index (κ3) is 6.53. The second-order valence-electron chi connectivity index (χ2n) is 2.20. The van der Waals surface area contributed by atoms with Gasteiger partial charge in [0.1, 0.15) is 0 Å². The number of unbranched alkanes of at least 4 members (excludes halogenated alkanes) is 4. The average Bonchev–Trinajstić information content (AvgIpc) is 1.81. The van der Waals surface area contributed by atoms with Gasteiger partial charge in [0, 0.05) is 0 Å². The van der Waals surface area contributed by atoms with E-state index in [9.17, 15) is 0 Å². The van der Waals surface area contributed by atoms with Crippen molar-refractivity contribution in [3.8, 4) is 0 Å². The summed E-state index contributed by atoms with van der Waals surface area (Å²) >= 11 is 2.77. The van der Waals surface area contributed by atoms with Crippen molar-refractivity contribution in [2.24, 2.45) is 0 Å². The minimum absolute atomic E-state index is 0. The van der Waals surface area contributed by atoms with Gasteiger partial charge in [0.25, 0.3) is 0 Å². The van der Waals surface area contributed by atoms with Crippen molar-refractivity contribution in [3.05, 3.63) is 0 Å². The molecule has 0 amide bonds. The summed E-state index contributed by atoms with van der Waals surface area (Å²) in [6, 6.07) is 0. The Morgan fingerprint density at radius 1 is 1.12 bits per heavy atom. The molecule has 0 saturated carbocycles. The van der Waals surface area contributed by atoms with Crippen LogP contribution in [0.5, 0.6) is 0 Å². The first-order valence-corrected chi connectivity index (χ1v) is 4.43. The molecule has 0 heterocycles. The van der Waals surface area contributed by atoms with Crippen LogP contribution in [-0.4, -0.2) is 16.3 Å². The first kappa shape index (κ1) is 8.53. The third-order valence-electron chi connectivity index (χ3n) is 1.31. The number of hydrogen-bond donors (Lipinski definition) is 0. The summed E-state index contributed by atoms with van der Waals surface area (Å²) in [5, 5.41) is 1.28. The molecule has 1 heteroatoms. The Morgan fingerprint density at radius 3 is 2.25 bits per heavy atom. The zero-order chi connectivity index (χ0) is 6.24. The van der Waals surface area contributed by atoms with Crippen molar-refractivity contribution >= 4 is 16.3 Å². The fourth-order valence-electron chi connectivity index (χ4n) is 0.748. The van der Waals surface area contributed by atoms with Gasteiger partial charge in [-0.1, -0.05) is 0 Å². The van der Waals surface area contributed by atoms with Gasteiger partial charge in [-0.05, 0) is 0 Å². The molecule has 0 radical (unpaired) electrons. The zero-order valence-corrected chi connectivity index (χ0v) is 6.97. The fraction of sp³-hybridized carbons (Fsp3) is 1.00. The summed E-state index contributed by atoms with van der Waals surface area (Å²) in [4.78, 5) is 0. The van der Waals surface area contributed by atoms with Crippen molar-refractivity contribution in [3.63, 3.8) is 0 Å². The van der Waals surface area contributed by atoms with Crippen LogP contribution >= 0.6 is 0 Å². The van der Waals surface area contributed by atoms with Gasteiger partial charge in [-0.3, -0.25) is 0 Å². The van der Waals surface area contributed by atoms with Crippen LogP contribution in [0.2, 0.25) is 5.28 Å². The molecule has 0 aromatic carbocycles. The molecule has 0 aliphatic heterocycles. The van der Waals surface area contributed by atoms with E-state index >= 15 is 0 Å². The Bertz CT molecular complexity index is 36.6. The molecule has 48 valence electrons. The second kappa shape index (κ2) is 7.53. The Labute approximate surface area is 64.1 Å². The quantitative estimate of drug-likeness (QED) is 0.394. The summed E-state index contributed by atoms with van der Waals surface area (Å²) in [5.74, 6) is 0. The van der Waals surface area contributed by atoms with Gasteiger partial charge in [-0.25, -0.2) is 0 Å². The van der Waals surface area contributed by atoms with Gasteiger partial charge < -0.3 is 2.85 Å². The summed E-state index contributed by atoms with van der Waals surface area (Å²) in [6.45, 7) is 2.25. The van der Waals surface area contributed by atoms with Crippen molar-refractivity contribution in [2.75, 3.05) is 0 Å². The molecule has 0 aromatic heterocycles. The number of rotatable bonds is 5. The van der Waals surface area contributed by atoms with E-state index in [1.165, 1.54) is 37.4 Å². The van der Waals surface area contributed by atoms with Crippen LogP contribution in [0.3, 0.4) is 0 Å². The molecule has 0 rings (SSSR count). The average molecular weight is 128 g/mol. The SMILES string of the molecule is CCCCCC[CH2][Al+2].[H-].[H-]. The molecule has 8 heavy (non-hydrogen) atoms. The molecule has 0 spiro atoms. The van der Waals surface area contributed by atoms with Crippen LogP contribution in [0.1, 0.15) is 41.9 Å². The van der Waals surface area contributed by atoms with E-state index < -0.39 is 0 Å². The van der Waals surface area contributed by atoms with Crippen LogP contribution in [0, 0.1) is 0 Å². The minimum Gasteiger partial charge on any atom is -1.00 e. The van der Waals surface area contributed by atoms with Gasteiger partial charge in [0.2, 0.25) is 0 Å². The van der Waals surface area contributed by atoms with Crippen molar-refractivity contribution in [1.29, 1.82) is 0 Å². The largest absolute Gasteiger partial charge is 1.00 e. The standard InChI is InChI=1S/C7H15.Al.2H/c1-3-5-7-6-4-2;;;/h1,3-7H2,2H3;;;/q;+2;2*-1. The minimum atomic E-state index is 0. The maximum absolute atomic E-state index is 2.77. The molecule has 0 aliphatic carbocycles. The van der Waals surface area contributed by atoms with E-state index in [0.717, 1.165) is 0 Å². The molecular formula is C7H17Al. The molecule has 0 saturated heterocycles. The van der Waals surface area contributed by atoms with Gasteiger partial charge in [0.15, 0.2) is 0 Å². The molecule has 0 atom stereocenters. The molecule has 0 N–H and O–H groups in total. The second-order valence-corrected chi connectivity index (χ2v) is 2.78. The Balaban J connectivity index is -0.000000245. The van der Waals surface area contributed by atoms with E-state index in [1.54, 1.807) is 0 Å². The maximum atomic E-state index is 2.77. The van der Waals surface area contributed by atoms with E-state index in [1.807, 2.05) is 0 Å². The van der Waals surface area contributed by atoms with Crippen molar-refractivity contribution < 1.29 is 2.85 Å². The first-order valence-electron chi connectivity index (χ1n) is 3.62. The summed E-state index contributed by atoms with van der Waals surface area (Å²) in [6.07, 6.45) is 7.04. The van der Waals surface area contributed by atoms with Crippen LogP contribution in [0.15, 0.2) is 0 Å². The molecule has 0 fully saturated rings. The van der Waals surface area contributed by atoms with Crippen LogP contribution < -0.4 is 0 Å². The van der Waals surface area contributed by atoms with Gasteiger partial charge in [-0.2, -0.15) is 0 Å². The Morgan fingerprint density at radius 2 is 1.75 bits per heavy atom. The van der Waals surface area contributed by atoms with Gasteiger partial charge in [-0.15, -0.1) is 0 Å². The van der Waals surface area contributed by atoms with E-state index in [0.29, 0.717) is 0 Å². The maximum Gasteiger partial charge on any atom is -1.00 e. The Kier molecular flexibility index (Phi) is 8.03. The zero-order valence-electron chi connectivity index (χ0n) is 7.82. The fourth-order valence-corrected chi connectivity index (χ4v) is 1.04. The van der Waals surface area contributed by atoms with Gasteiger partial charge in [0.05, 0.1) is 0 Å². The third-order valence-corrected chi connectivity index (χ3v) is 1.72. The molecule has 0 nitrogen and oxygen atoms in total. The summed E-state index contributed by atoms with van der Waals surface area (Å²) < 4.78 is 0. The van der Waals surface area contributed by atoms with Crippen molar-refractivity contribution in [1.82, 2.24) is 0 Å². The first-order chi connectivity index (χ1) is 3.91. The Hall–Kier alpha value is 0.532.